The topological polar surface area (TPSA) is 33.1 Å². The zero-order valence-electron chi connectivity index (χ0n) is 12.8. The van der Waals surface area contributed by atoms with Gasteiger partial charge in [-0.1, -0.05) is 13.8 Å². The van der Waals surface area contributed by atoms with E-state index in [1.165, 1.54) is 25.1 Å². The van der Waals surface area contributed by atoms with Crippen LogP contribution in [0.2, 0.25) is 0 Å². The Labute approximate surface area is 117 Å². The number of hydrogen-bond acceptors (Lipinski definition) is 3. The van der Waals surface area contributed by atoms with Crippen LogP contribution >= 0.6 is 0 Å². The van der Waals surface area contributed by atoms with Crippen LogP contribution in [0.15, 0.2) is 6.07 Å². The molecule has 4 heteroatoms. The van der Waals surface area contributed by atoms with Gasteiger partial charge in [0, 0.05) is 26.2 Å². The number of nitrogens with zero attached hydrogens (tertiary/aromatic N) is 3. The van der Waals surface area contributed by atoms with Gasteiger partial charge in [0.25, 0.3) is 0 Å². The third kappa shape index (κ3) is 4.05. The lowest BCUT2D eigenvalue weighted by atomic mass is 10.2. The minimum absolute atomic E-state index is 0.689. The van der Waals surface area contributed by atoms with Gasteiger partial charge in [0.15, 0.2) is 0 Å². The van der Waals surface area contributed by atoms with E-state index >= 15 is 0 Å². The molecule has 0 saturated carbocycles. The zero-order valence-corrected chi connectivity index (χ0v) is 12.8. The Morgan fingerprint density at radius 3 is 2.89 bits per heavy atom. The molecule has 108 valence electrons. The predicted octanol–water partition coefficient (Wildman–Crippen LogP) is 1.94. The van der Waals surface area contributed by atoms with Gasteiger partial charge < -0.3 is 5.32 Å². The number of hydrogen-bond donors (Lipinski definition) is 1. The Balaban J connectivity index is 1.86. The van der Waals surface area contributed by atoms with Crippen molar-refractivity contribution in [1.29, 1.82) is 0 Å². The Bertz CT molecular complexity index is 397. The fourth-order valence-corrected chi connectivity index (χ4v) is 2.89. The van der Waals surface area contributed by atoms with Crippen LogP contribution in [0.1, 0.15) is 38.1 Å². The fraction of sp³-hybridized carbons (Fsp3) is 0.800. The van der Waals surface area contributed by atoms with Gasteiger partial charge in [-0.25, -0.2) is 0 Å². The first-order valence-electron chi connectivity index (χ1n) is 7.50. The van der Waals surface area contributed by atoms with E-state index in [0.29, 0.717) is 6.04 Å². The number of aryl methyl sites for hydroxylation is 2. The van der Waals surface area contributed by atoms with Crippen molar-refractivity contribution >= 4 is 0 Å². The summed E-state index contributed by atoms with van der Waals surface area (Å²) >= 11 is 0. The third-order valence-electron chi connectivity index (χ3n) is 3.90. The first-order valence-corrected chi connectivity index (χ1v) is 7.50. The number of rotatable bonds is 6. The Hall–Kier alpha value is -0.870. The predicted molar refractivity (Wildman–Crippen MR) is 79.1 cm³/mol. The summed E-state index contributed by atoms with van der Waals surface area (Å²) in [5.74, 6) is 0.731. The molecule has 0 bridgehead atoms. The molecule has 0 amide bonds. The molecule has 2 heterocycles. The van der Waals surface area contributed by atoms with E-state index in [2.05, 4.69) is 42.2 Å². The maximum atomic E-state index is 4.44. The van der Waals surface area contributed by atoms with E-state index in [4.69, 9.17) is 0 Å². The summed E-state index contributed by atoms with van der Waals surface area (Å²) in [7, 11) is 2.05. The van der Waals surface area contributed by atoms with Gasteiger partial charge in [0.2, 0.25) is 0 Å². The maximum Gasteiger partial charge on any atom is 0.0597 e. The fourth-order valence-electron chi connectivity index (χ4n) is 2.89. The highest BCUT2D eigenvalue weighted by atomic mass is 15.3. The van der Waals surface area contributed by atoms with Crippen molar-refractivity contribution in [2.75, 3.05) is 19.6 Å². The lowest BCUT2D eigenvalue weighted by Crippen LogP contribution is -2.38. The minimum Gasteiger partial charge on any atom is -0.315 e. The van der Waals surface area contributed by atoms with E-state index in [1.54, 1.807) is 0 Å². The van der Waals surface area contributed by atoms with Crippen LogP contribution in [0.25, 0.3) is 0 Å². The zero-order chi connectivity index (χ0) is 13.8. The molecule has 1 fully saturated rings. The van der Waals surface area contributed by atoms with Gasteiger partial charge in [-0.15, -0.1) is 0 Å². The highest BCUT2D eigenvalue weighted by Crippen LogP contribution is 2.19. The average Bonchev–Trinajstić information content (AvgIpc) is 2.87. The first-order chi connectivity index (χ1) is 9.06. The van der Waals surface area contributed by atoms with Gasteiger partial charge >= 0.3 is 0 Å². The van der Waals surface area contributed by atoms with Gasteiger partial charge in [-0.2, -0.15) is 5.10 Å². The number of aromatic nitrogens is 2. The van der Waals surface area contributed by atoms with E-state index < -0.39 is 0 Å². The SMILES string of the molecule is Cc1cc(CN2CCCC2CNCC(C)C)n(C)n1. The molecule has 1 unspecified atom stereocenters. The van der Waals surface area contributed by atoms with Crippen molar-refractivity contribution in [3.8, 4) is 0 Å². The van der Waals surface area contributed by atoms with Gasteiger partial charge in [-0.05, 0) is 44.8 Å². The van der Waals surface area contributed by atoms with Crippen molar-refractivity contribution < 1.29 is 0 Å². The van der Waals surface area contributed by atoms with E-state index in [0.717, 1.165) is 31.2 Å². The van der Waals surface area contributed by atoms with Gasteiger partial charge in [0.05, 0.1) is 11.4 Å². The maximum absolute atomic E-state index is 4.44. The molecule has 19 heavy (non-hydrogen) atoms. The second-order valence-corrected chi connectivity index (χ2v) is 6.22. The Kier molecular flexibility index (Phi) is 4.99. The van der Waals surface area contributed by atoms with Crippen LogP contribution in [0.4, 0.5) is 0 Å². The van der Waals surface area contributed by atoms with Crippen LogP contribution in [0.3, 0.4) is 0 Å². The summed E-state index contributed by atoms with van der Waals surface area (Å²) < 4.78 is 2.02. The largest absolute Gasteiger partial charge is 0.315 e. The Morgan fingerprint density at radius 1 is 1.47 bits per heavy atom. The molecule has 1 aliphatic rings. The molecule has 4 nitrogen and oxygen atoms in total. The van der Waals surface area contributed by atoms with Crippen LogP contribution in [-0.4, -0.2) is 40.4 Å². The van der Waals surface area contributed by atoms with Crippen LogP contribution < -0.4 is 5.32 Å². The molecular formula is C15H28N4. The van der Waals surface area contributed by atoms with Crippen LogP contribution in [0, 0.1) is 12.8 Å². The van der Waals surface area contributed by atoms with Crippen molar-refractivity contribution in [2.45, 2.75) is 46.2 Å². The summed E-state index contributed by atoms with van der Waals surface area (Å²) in [6.45, 7) is 11.1. The number of likely N-dealkylation sites (tertiary alicyclic amines) is 1. The minimum atomic E-state index is 0.689. The summed E-state index contributed by atoms with van der Waals surface area (Å²) in [5.41, 5.74) is 2.44. The second-order valence-electron chi connectivity index (χ2n) is 6.22. The highest BCUT2D eigenvalue weighted by molar-refractivity contribution is 5.09. The monoisotopic (exact) mass is 264 g/mol. The molecule has 1 atom stereocenters. The quantitative estimate of drug-likeness (QED) is 0.852. The van der Waals surface area contributed by atoms with Crippen LogP contribution in [0.5, 0.6) is 0 Å². The van der Waals surface area contributed by atoms with Crippen molar-refractivity contribution in [2.24, 2.45) is 13.0 Å². The van der Waals surface area contributed by atoms with Gasteiger partial charge in [0.1, 0.15) is 0 Å². The molecule has 2 rings (SSSR count). The molecule has 1 aromatic rings. The highest BCUT2D eigenvalue weighted by Gasteiger charge is 2.24. The van der Waals surface area contributed by atoms with Crippen LogP contribution in [-0.2, 0) is 13.6 Å². The summed E-state index contributed by atoms with van der Waals surface area (Å²) in [5, 5.41) is 8.04. The molecule has 0 radical (unpaired) electrons. The lowest BCUT2D eigenvalue weighted by Gasteiger charge is -2.25. The molecule has 1 N–H and O–H groups in total. The Morgan fingerprint density at radius 2 is 2.26 bits per heavy atom. The normalized spacial score (nSPS) is 20.6. The standard InChI is InChI=1S/C15H28N4/c1-12(2)9-16-10-14-6-5-7-19(14)11-15-8-13(3)17-18(15)4/h8,12,14,16H,5-7,9-11H2,1-4H3. The van der Waals surface area contributed by atoms with E-state index in [1.807, 2.05) is 11.7 Å². The molecule has 1 aliphatic heterocycles. The molecule has 0 aromatic carbocycles. The summed E-state index contributed by atoms with van der Waals surface area (Å²) in [6.07, 6.45) is 2.65. The number of nitrogens with one attached hydrogen (secondary N) is 1. The van der Waals surface area contributed by atoms with E-state index in [9.17, 15) is 0 Å². The average molecular weight is 264 g/mol. The molecule has 1 saturated heterocycles. The molecular weight excluding hydrogens is 236 g/mol. The first kappa shape index (κ1) is 14.5. The molecule has 1 aromatic heterocycles. The van der Waals surface area contributed by atoms with E-state index in [-0.39, 0.29) is 0 Å². The molecule has 0 spiro atoms. The summed E-state index contributed by atoms with van der Waals surface area (Å²) in [4.78, 5) is 2.60. The van der Waals surface area contributed by atoms with Gasteiger partial charge in [-0.3, -0.25) is 9.58 Å². The lowest BCUT2D eigenvalue weighted by molar-refractivity contribution is 0.232. The molecule has 0 aliphatic carbocycles. The second kappa shape index (κ2) is 6.53. The smallest absolute Gasteiger partial charge is 0.0597 e. The third-order valence-corrected chi connectivity index (χ3v) is 3.90. The summed E-state index contributed by atoms with van der Waals surface area (Å²) in [6, 6.07) is 2.89. The van der Waals surface area contributed by atoms with Crippen molar-refractivity contribution in [3.63, 3.8) is 0 Å². The van der Waals surface area contributed by atoms with Crippen molar-refractivity contribution in [3.05, 3.63) is 17.5 Å². The van der Waals surface area contributed by atoms with Crippen molar-refractivity contribution in [1.82, 2.24) is 20.0 Å².